The Hall–Kier alpha value is -2.69. The van der Waals surface area contributed by atoms with E-state index in [1.54, 1.807) is 0 Å². The summed E-state index contributed by atoms with van der Waals surface area (Å²) in [6, 6.07) is 0. The number of esters is 2. The van der Waals surface area contributed by atoms with Crippen LogP contribution in [0.5, 0.6) is 0 Å². The molecule has 0 fully saturated rings. The molecule has 0 N–H and O–H groups in total. The number of carbonyl (C=O) groups is 3. The first kappa shape index (κ1) is 20.6. The zero-order valence-electron chi connectivity index (χ0n) is 18.0. The van der Waals surface area contributed by atoms with Gasteiger partial charge >= 0.3 is 11.9 Å². The highest BCUT2D eigenvalue weighted by Gasteiger charge is 2.53. The van der Waals surface area contributed by atoms with Gasteiger partial charge < -0.3 is 9.47 Å². The quantitative estimate of drug-likeness (QED) is 0.510. The smallest absolute Gasteiger partial charge is 0.308 e. The van der Waals surface area contributed by atoms with Gasteiger partial charge in [0.05, 0.1) is 0 Å². The van der Waals surface area contributed by atoms with Crippen LogP contribution in [-0.4, -0.2) is 24.3 Å². The molecule has 4 atom stereocenters. The number of hydrogen-bond donors (Lipinski definition) is 0. The molecule has 0 aromatic rings. The summed E-state index contributed by atoms with van der Waals surface area (Å²) in [6.45, 7) is 6.94. The Morgan fingerprint density at radius 3 is 2.53 bits per heavy atom. The van der Waals surface area contributed by atoms with E-state index in [0.29, 0.717) is 17.6 Å². The minimum atomic E-state index is -0.433. The van der Waals surface area contributed by atoms with E-state index in [1.807, 2.05) is 12.2 Å². The first-order valence-corrected chi connectivity index (χ1v) is 10.5. The first-order chi connectivity index (χ1) is 14.1. The van der Waals surface area contributed by atoms with Crippen LogP contribution in [0, 0.1) is 22.7 Å². The van der Waals surface area contributed by atoms with Crippen LogP contribution in [0.3, 0.4) is 0 Å². The molecule has 0 aromatic heterocycles. The summed E-state index contributed by atoms with van der Waals surface area (Å²) >= 11 is 0. The van der Waals surface area contributed by atoms with Crippen molar-refractivity contribution in [2.75, 3.05) is 6.61 Å². The maximum Gasteiger partial charge on any atom is 0.308 e. The van der Waals surface area contributed by atoms with Crippen molar-refractivity contribution in [3.05, 3.63) is 58.9 Å². The molecule has 0 heterocycles. The molecule has 30 heavy (non-hydrogen) atoms. The summed E-state index contributed by atoms with van der Waals surface area (Å²) in [4.78, 5) is 35.2. The van der Waals surface area contributed by atoms with Crippen LogP contribution in [0.15, 0.2) is 58.9 Å². The number of hydrogen-bond acceptors (Lipinski definition) is 5. The molecule has 5 nitrogen and oxygen atoms in total. The molecule has 0 saturated carbocycles. The average Bonchev–Trinajstić information content (AvgIpc) is 3.03. The van der Waals surface area contributed by atoms with Gasteiger partial charge in [-0.2, -0.15) is 0 Å². The van der Waals surface area contributed by atoms with Crippen molar-refractivity contribution in [2.45, 2.75) is 47.0 Å². The number of fused-ring (bicyclic) bond motifs is 5. The van der Waals surface area contributed by atoms with Crippen molar-refractivity contribution >= 4 is 17.7 Å². The Morgan fingerprint density at radius 1 is 1.07 bits per heavy atom. The number of carbonyl (C=O) groups excluding carboxylic acids is 3. The van der Waals surface area contributed by atoms with Gasteiger partial charge in [0, 0.05) is 30.3 Å². The maximum absolute atomic E-state index is 12.7. The zero-order chi connectivity index (χ0) is 21.7. The van der Waals surface area contributed by atoms with E-state index < -0.39 is 5.97 Å². The SMILES string of the molecule is CC(=O)OCC(=O)C1=CC[C@H]2[C@@H]3CC=C4C=C(OC(C)=O)C=C[C@@]4(C)C3=CC[C@@]12C. The Kier molecular flexibility index (Phi) is 4.95. The standard InChI is InChI=1S/C25H28O5/c1-15(26)29-14-23(28)22-8-7-20-19-6-5-17-13-18(30-16(2)27)9-11-24(17,3)21(19)10-12-25(20,22)4/h5,8-11,13,19-20H,6-7,12,14H2,1-4H3/t19-,20-,24+,25+/m0/s1. The molecule has 0 amide bonds. The Bertz CT molecular complexity index is 975. The summed E-state index contributed by atoms with van der Waals surface area (Å²) in [7, 11) is 0. The van der Waals surface area contributed by atoms with Gasteiger partial charge in [-0.1, -0.05) is 36.8 Å². The number of rotatable bonds is 4. The van der Waals surface area contributed by atoms with Crippen LogP contribution < -0.4 is 0 Å². The molecular formula is C25H28O5. The Balaban J connectivity index is 1.60. The molecule has 4 aliphatic carbocycles. The highest BCUT2D eigenvalue weighted by atomic mass is 16.5. The fourth-order valence-corrected chi connectivity index (χ4v) is 5.78. The lowest BCUT2D eigenvalue weighted by Gasteiger charge is -2.50. The van der Waals surface area contributed by atoms with Crippen molar-refractivity contribution in [3.8, 4) is 0 Å². The van der Waals surface area contributed by atoms with Crippen LogP contribution in [-0.2, 0) is 23.9 Å². The van der Waals surface area contributed by atoms with Gasteiger partial charge in [-0.15, -0.1) is 0 Å². The van der Waals surface area contributed by atoms with E-state index in [2.05, 4.69) is 38.2 Å². The van der Waals surface area contributed by atoms with Gasteiger partial charge in [0.15, 0.2) is 12.4 Å². The number of Topliss-reactive ketones (excluding diaryl/α,β-unsaturated/α-hetero) is 1. The van der Waals surface area contributed by atoms with E-state index in [4.69, 9.17) is 9.47 Å². The third-order valence-corrected chi connectivity index (χ3v) is 7.28. The predicted molar refractivity (Wildman–Crippen MR) is 112 cm³/mol. The fourth-order valence-electron chi connectivity index (χ4n) is 5.78. The molecule has 4 aliphatic rings. The van der Waals surface area contributed by atoms with Gasteiger partial charge in [-0.3, -0.25) is 14.4 Å². The van der Waals surface area contributed by atoms with Crippen LogP contribution in [0.4, 0.5) is 0 Å². The van der Waals surface area contributed by atoms with Gasteiger partial charge in [0.1, 0.15) is 5.76 Å². The summed E-state index contributed by atoms with van der Waals surface area (Å²) < 4.78 is 10.2. The average molecular weight is 408 g/mol. The summed E-state index contributed by atoms with van der Waals surface area (Å²) in [6.07, 6.45) is 15.1. The molecule has 0 radical (unpaired) electrons. The highest BCUT2D eigenvalue weighted by Crippen LogP contribution is 2.61. The lowest BCUT2D eigenvalue weighted by atomic mass is 9.53. The van der Waals surface area contributed by atoms with Gasteiger partial charge in [-0.05, 0) is 55.7 Å². The molecule has 4 rings (SSSR count). The summed E-state index contributed by atoms with van der Waals surface area (Å²) in [5, 5.41) is 0. The van der Waals surface area contributed by atoms with E-state index in [9.17, 15) is 14.4 Å². The molecule has 0 bridgehead atoms. The van der Waals surface area contributed by atoms with Crippen LogP contribution in [0.1, 0.15) is 47.0 Å². The summed E-state index contributed by atoms with van der Waals surface area (Å²) in [5.41, 5.74) is 2.89. The van der Waals surface area contributed by atoms with Gasteiger partial charge in [-0.25, -0.2) is 0 Å². The molecule has 5 heteroatoms. The van der Waals surface area contributed by atoms with E-state index in [-0.39, 0.29) is 29.2 Å². The molecule has 0 saturated heterocycles. The van der Waals surface area contributed by atoms with E-state index >= 15 is 0 Å². The number of ketones is 1. The van der Waals surface area contributed by atoms with Crippen LogP contribution >= 0.6 is 0 Å². The third-order valence-electron chi connectivity index (χ3n) is 7.28. The normalized spacial score (nSPS) is 33.7. The molecule has 0 unspecified atom stereocenters. The molecule has 0 aliphatic heterocycles. The minimum absolute atomic E-state index is 0.0863. The molecule has 0 spiro atoms. The second-order valence-electron chi connectivity index (χ2n) is 9.12. The van der Waals surface area contributed by atoms with Gasteiger partial charge in [0.2, 0.25) is 0 Å². The van der Waals surface area contributed by atoms with Crippen molar-refractivity contribution in [1.29, 1.82) is 0 Å². The van der Waals surface area contributed by atoms with E-state index in [1.165, 1.54) is 19.4 Å². The second-order valence-corrected chi connectivity index (χ2v) is 9.12. The van der Waals surface area contributed by atoms with Crippen molar-refractivity contribution in [2.24, 2.45) is 22.7 Å². The second kappa shape index (κ2) is 7.22. The Labute approximate surface area is 177 Å². The molecule has 158 valence electrons. The maximum atomic E-state index is 12.7. The first-order valence-electron chi connectivity index (χ1n) is 10.5. The summed E-state index contributed by atoms with van der Waals surface area (Å²) in [5.74, 6) is 0.428. The van der Waals surface area contributed by atoms with Gasteiger partial charge in [0.25, 0.3) is 0 Å². The highest BCUT2D eigenvalue weighted by molar-refractivity contribution is 5.99. The van der Waals surface area contributed by atoms with Crippen LogP contribution in [0.25, 0.3) is 0 Å². The zero-order valence-corrected chi connectivity index (χ0v) is 18.0. The van der Waals surface area contributed by atoms with Crippen LogP contribution in [0.2, 0.25) is 0 Å². The van der Waals surface area contributed by atoms with E-state index in [0.717, 1.165) is 30.4 Å². The molecular weight excluding hydrogens is 380 g/mol. The largest absolute Gasteiger partial charge is 0.457 e. The Morgan fingerprint density at radius 2 is 1.83 bits per heavy atom. The number of ether oxygens (including phenoxy) is 2. The van der Waals surface area contributed by atoms with Crippen molar-refractivity contribution < 1.29 is 23.9 Å². The predicted octanol–water partition coefficient (Wildman–Crippen LogP) is 4.37. The lowest BCUT2D eigenvalue weighted by molar-refractivity contribution is -0.145. The minimum Gasteiger partial charge on any atom is -0.457 e. The topological polar surface area (TPSA) is 69.7 Å². The number of allylic oxidation sites excluding steroid dienone is 8. The lowest BCUT2D eigenvalue weighted by Crippen LogP contribution is -2.42. The monoisotopic (exact) mass is 408 g/mol. The molecule has 0 aromatic carbocycles. The van der Waals surface area contributed by atoms with Crippen molar-refractivity contribution in [1.82, 2.24) is 0 Å². The fraction of sp³-hybridized carbons (Fsp3) is 0.480. The van der Waals surface area contributed by atoms with Crippen molar-refractivity contribution in [3.63, 3.8) is 0 Å². The third kappa shape index (κ3) is 3.21.